The Hall–Kier alpha value is -1.54. The van der Waals surface area contributed by atoms with Gasteiger partial charge in [0.05, 0.1) is 20.3 Å². The van der Waals surface area contributed by atoms with Gasteiger partial charge in [-0.3, -0.25) is 0 Å². The number of furan rings is 1. The van der Waals surface area contributed by atoms with Crippen LogP contribution in [0.2, 0.25) is 0 Å². The summed E-state index contributed by atoms with van der Waals surface area (Å²) in [7, 11) is 1.24. The van der Waals surface area contributed by atoms with Crippen LogP contribution in [0.25, 0.3) is 0 Å². The van der Waals surface area contributed by atoms with E-state index in [1.807, 2.05) is 0 Å². The molecule has 1 aromatic heterocycles. The lowest BCUT2D eigenvalue weighted by Crippen LogP contribution is -2.23. The molecule has 0 aliphatic heterocycles. The number of rotatable bonds is 7. The molecule has 0 amide bonds. The largest absolute Gasteiger partial charge is 0.463 e. The van der Waals surface area contributed by atoms with Gasteiger partial charge >= 0.3 is 12.1 Å². The normalized spacial score (nSPS) is 11.6. The van der Waals surface area contributed by atoms with Crippen LogP contribution in [-0.4, -0.2) is 39.0 Å². The molecular formula is C11H14F3NO4. The molecule has 1 rings (SSSR count). The van der Waals surface area contributed by atoms with Gasteiger partial charge < -0.3 is 19.2 Å². The van der Waals surface area contributed by atoms with Crippen molar-refractivity contribution in [3.63, 3.8) is 0 Å². The molecule has 0 aromatic carbocycles. The highest BCUT2D eigenvalue weighted by Crippen LogP contribution is 2.14. The number of halogens is 3. The average Bonchev–Trinajstić information content (AvgIpc) is 2.80. The highest BCUT2D eigenvalue weighted by Gasteiger charge is 2.27. The molecule has 1 aromatic rings. The molecule has 0 radical (unpaired) electrons. The lowest BCUT2D eigenvalue weighted by Gasteiger charge is -2.07. The fourth-order valence-corrected chi connectivity index (χ4v) is 1.23. The Kier molecular flexibility index (Phi) is 5.84. The van der Waals surface area contributed by atoms with E-state index in [2.05, 4.69) is 14.8 Å². The molecule has 0 aliphatic carbocycles. The minimum atomic E-state index is -4.31. The second kappa shape index (κ2) is 7.15. The lowest BCUT2D eigenvalue weighted by atomic mass is 10.4. The van der Waals surface area contributed by atoms with Crippen molar-refractivity contribution in [2.75, 3.05) is 26.9 Å². The SMILES string of the molecule is COC(=O)c1ccc(CNCCOCC(F)(F)F)o1. The Morgan fingerprint density at radius 1 is 1.42 bits per heavy atom. The van der Waals surface area contributed by atoms with Gasteiger partial charge in [-0.05, 0) is 12.1 Å². The molecule has 0 saturated heterocycles. The Bertz CT molecular complexity index is 403. The zero-order valence-electron chi connectivity index (χ0n) is 10.3. The van der Waals surface area contributed by atoms with Crippen molar-refractivity contribution < 1.29 is 31.9 Å². The molecule has 0 saturated carbocycles. The van der Waals surface area contributed by atoms with Crippen molar-refractivity contribution >= 4 is 5.97 Å². The molecule has 1 N–H and O–H groups in total. The van der Waals surface area contributed by atoms with E-state index in [4.69, 9.17) is 4.42 Å². The fourth-order valence-electron chi connectivity index (χ4n) is 1.23. The van der Waals surface area contributed by atoms with E-state index in [0.717, 1.165) is 0 Å². The maximum Gasteiger partial charge on any atom is 0.411 e. The third-order valence-corrected chi connectivity index (χ3v) is 2.04. The number of esters is 1. The molecule has 19 heavy (non-hydrogen) atoms. The van der Waals surface area contributed by atoms with Crippen molar-refractivity contribution in [3.05, 3.63) is 23.7 Å². The van der Waals surface area contributed by atoms with E-state index in [9.17, 15) is 18.0 Å². The molecule has 0 fully saturated rings. The standard InChI is InChI=1S/C11H14F3NO4/c1-17-10(16)9-3-2-8(19-9)6-15-4-5-18-7-11(12,13)14/h2-3,15H,4-7H2,1H3. The molecule has 0 unspecified atom stereocenters. The van der Waals surface area contributed by atoms with Gasteiger partial charge in [0.1, 0.15) is 12.4 Å². The van der Waals surface area contributed by atoms with Gasteiger partial charge in [-0.25, -0.2) is 4.79 Å². The van der Waals surface area contributed by atoms with Crippen molar-refractivity contribution in [2.45, 2.75) is 12.7 Å². The van der Waals surface area contributed by atoms with Crippen LogP contribution in [0.15, 0.2) is 16.5 Å². The number of methoxy groups -OCH3 is 1. The first-order valence-corrected chi connectivity index (χ1v) is 5.44. The van der Waals surface area contributed by atoms with Crippen LogP contribution >= 0.6 is 0 Å². The van der Waals surface area contributed by atoms with E-state index in [-0.39, 0.29) is 25.5 Å². The number of carbonyl (C=O) groups excluding carboxylic acids is 1. The zero-order chi connectivity index (χ0) is 14.3. The number of ether oxygens (including phenoxy) is 2. The van der Waals surface area contributed by atoms with E-state index in [1.165, 1.54) is 13.2 Å². The highest BCUT2D eigenvalue weighted by molar-refractivity contribution is 5.86. The smallest absolute Gasteiger partial charge is 0.411 e. The predicted molar refractivity (Wildman–Crippen MR) is 58.6 cm³/mol. The maximum atomic E-state index is 11.7. The summed E-state index contributed by atoms with van der Waals surface area (Å²) in [5.41, 5.74) is 0. The van der Waals surface area contributed by atoms with Gasteiger partial charge in [-0.2, -0.15) is 13.2 Å². The third-order valence-electron chi connectivity index (χ3n) is 2.04. The van der Waals surface area contributed by atoms with Crippen molar-refractivity contribution in [2.24, 2.45) is 0 Å². The number of alkyl halides is 3. The monoisotopic (exact) mass is 281 g/mol. The third kappa shape index (κ3) is 6.25. The first-order valence-electron chi connectivity index (χ1n) is 5.44. The molecule has 108 valence electrons. The van der Waals surface area contributed by atoms with Crippen LogP contribution in [0.3, 0.4) is 0 Å². The summed E-state index contributed by atoms with van der Waals surface area (Å²) in [6.45, 7) is -0.803. The molecular weight excluding hydrogens is 267 g/mol. The van der Waals surface area contributed by atoms with Gasteiger partial charge in [-0.15, -0.1) is 0 Å². The molecule has 1 heterocycles. The summed E-state index contributed by atoms with van der Waals surface area (Å²) in [4.78, 5) is 11.1. The van der Waals surface area contributed by atoms with Crippen LogP contribution in [0.1, 0.15) is 16.3 Å². The molecule has 0 spiro atoms. The van der Waals surface area contributed by atoms with Gasteiger partial charge in [-0.1, -0.05) is 0 Å². The summed E-state index contributed by atoms with van der Waals surface area (Å²) in [5.74, 6) is -0.0244. The second-order valence-electron chi connectivity index (χ2n) is 3.60. The molecule has 8 heteroatoms. The quantitative estimate of drug-likeness (QED) is 0.609. The number of hydrogen-bond donors (Lipinski definition) is 1. The lowest BCUT2D eigenvalue weighted by molar-refractivity contribution is -0.173. The minimum absolute atomic E-state index is 0.0654. The average molecular weight is 281 g/mol. The Morgan fingerprint density at radius 3 is 2.79 bits per heavy atom. The fraction of sp³-hybridized carbons (Fsp3) is 0.545. The Balaban J connectivity index is 2.16. The van der Waals surface area contributed by atoms with Gasteiger partial charge in [0.25, 0.3) is 0 Å². The maximum absolute atomic E-state index is 11.7. The topological polar surface area (TPSA) is 60.7 Å². The van der Waals surface area contributed by atoms with Gasteiger partial charge in [0.2, 0.25) is 5.76 Å². The molecule has 0 bridgehead atoms. The van der Waals surface area contributed by atoms with Crippen molar-refractivity contribution in [1.82, 2.24) is 5.32 Å². The van der Waals surface area contributed by atoms with Crippen molar-refractivity contribution in [3.8, 4) is 0 Å². The first-order chi connectivity index (χ1) is 8.92. The van der Waals surface area contributed by atoms with E-state index in [0.29, 0.717) is 5.76 Å². The summed E-state index contributed by atoms with van der Waals surface area (Å²) in [6, 6.07) is 3.04. The summed E-state index contributed by atoms with van der Waals surface area (Å²) < 4.78 is 49.2. The first kappa shape index (κ1) is 15.5. The Labute approximate surface area is 107 Å². The number of nitrogens with one attached hydrogen (secondary N) is 1. The summed E-state index contributed by atoms with van der Waals surface area (Å²) in [6.07, 6.45) is -4.31. The minimum Gasteiger partial charge on any atom is -0.463 e. The second-order valence-corrected chi connectivity index (χ2v) is 3.60. The van der Waals surface area contributed by atoms with E-state index < -0.39 is 18.8 Å². The van der Waals surface area contributed by atoms with Crippen molar-refractivity contribution in [1.29, 1.82) is 0 Å². The molecule has 0 aliphatic rings. The van der Waals surface area contributed by atoms with Crippen LogP contribution < -0.4 is 5.32 Å². The van der Waals surface area contributed by atoms with E-state index in [1.54, 1.807) is 6.07 Å². The highest BCUT2D eigenvalue weighted by atomic mass is 19.4. The molecule has 5 nitrogen and oxygen atoms in total. The van der Waals surface area contributed by atoms with Gasteiger partial charge in [0, 0.05) is 6.54 Å². The van der Waals surface area contributed by atoms with Crippen LogP contribution in [0, 0.1) is 0 Å². The van der Waals surface area contributed by atoms with Crippen LogP contribution in [0.4, 0.5) is 13.2 Å². The number of carbonyl (C=O) groups is 1. The van der Waals surface area contributed by atoms with Crippen LogP contribution in [0.5, 0.6) is 0 Å². The summed E-state index contributed by atoms with van der Waals surface area (Å²) in [5, 5.41) is 2.82. The Morgan fingerprint density at radius 2 is 2.16 bits per heavy atom. The van der Waals surface area contributed by atoms with Crippen LogP contribution in [-0.2, 0) is 16.0 Å². The molecule has 0 atom stereocenters. The predicted octanol–water partition coefficient (Wildman–Crippen LogP) is 1.73. The zero-order valence-corrected chi connectivity index (χ0v) is 10.3. The summed E-state index contributed by atoms with van der Waals surface area (Å²) >= 11 is 0. The number of hydrogen-bond acceptors (Lipinski definition) is 5. The van der Waals surface area contributed by atoms with E-state index >= 15 is 0 Å². The van der Waals surface area contributed by atoms with Gasteiger partial charge in [0.15, 0.2) is 0 Å².